The summed E-state index contributed by atoms with van der Waals surface area (Å²) >= 11 is 6.15. The van der Waals surface area contributed by atoms with E-state index >= 15 is 0 Å². The molecule has 1 aromatic rings. The second-order valence-corrected chi connectivity index (χ2v) is 5.61. The van der Waals surface area contributed by atoms with Crippen LogP contribution in [0.1, 0.15) is 24.8 Å². The topological polar surface area (TPSA) is 38.5 Å². The minimum Gasteiger partial charge on any atom is -0.493 e. The van der Waals surface area contributed by atoms with Crippen molar-refractivity contribution in [2.24, 2.45) is 5.73 Å². The molecule has 2 N–H and O–H groups in total. The lowest BCUT2D eigenvalue weighted by Gasteiger charge is -2.45. The Morgan fingerprint density at radius 2 is 2.11 bits per heavy atom. The number of hydrogen-bond donors (Lipinski definition) is 1. The van der Waals surface area contributed by atoms with E-state index in [2.05, 4.69) is 4.90 Å². The fourth-order valence-corrected chi connectivity index (χ4v) is 3.44. The van der Waals surface area contributed by atoms with Gasteiger partial charge in [-0.25, -0.2) is 0 Å². The SMILES string of the molecule is NCC1(N2CCCC2)CCOc2ccc(Cl)cc21. The van der Waals surface area contributed by atoms with E-state index in [1.54, 1.807) is 0 Å². The van der Waals surface area contributed by atoms with E-state index in [1.807, 2.05) is 18.2 Å². The predicted octanol–water partition coefficient (Wildman–Crippen LogP) is 2.37. The highest BCUT2D eigenvalue weighted by Crippen LogP contribution is 2.43. The molecule has 2 heterocycles. The highest BCUT2D eigenvalue weighted by Gasteiger charge is 2.42. The van der Waals surface area contributed by atoms with Crippen molar-refractivity contribution in [3.05, 3.63) is 28.8 Å². The van der Waals surface area contributed by atoms with Crippen molar-refractivity contribution in [2.75, 3.05) is 26.2 Å². The van der Waals surface area contributed by atoms with Gasteiger partial charge in [0.2, 0.25) is 0 Å². The van der Waals surface area contributed by atoms with Crippen LogP contribution in [0, 0.1) is 0 Å². The van der Waals surface area contributed by atoms with E-state index in [0.29, 0.717) is 6.54 Å². The summed E-state index contributed by atoms with van der Waals surface area (Å²) < 4.78 is 5.75. The first-order valence-electron chi connectivity index (χ1n) is 6.64. The number of fused-ring (bicyclic) bond motifs is 1. The van der Waals surface area contributed by atoms with Gasteiger partial charge in [0.1, 0.15) is 5.75 Å². The van der Waals surface area contributed by atoms with Crippen LogP contribution in [-0.4, -0.2) is 31.1 Å². The first-order valence-corrected chi connectivity index (χ1v) is 7.02. The largest absolute Gasteiger partial charge is 0.493 e. The molecule has 98 valence electrons. The molecule has 0 aliphatic carbocycles. The molecule has 0 spiro atoms. The number of benzene rings is 1. The summed E-state index contributed by atoms with van der Waals surface area (Å²) in [7, 11) is 0. The van der Waals surface area contributed by atoms with Gasteiger partial charge < -0.3 is 10.5 Å². The molecule has 18 heavy (non-hydrogen) atoms. The van der Waals surface area contributed by atoms with Crippen molar-refractivity contribution in [3.8, 4) is 5.75 Å². The second kappa shape index (κ2) is 4.72. The number of hydrogen-bond acceptors (Lipinski definition) is 3. The molecule has 0 radical (unpaired) electrons. The van der Waals surface area contributed by atoms with Crippen molar-refractivity contribution >= 4 is 11.6 Å². The quantitative estimate of drug-likeness (QED) is 0.893. The van der Waals surface area contributed by atoms with Crippen molar-refractivity contribution in [1.29, 1.82) is 0 Å². The van der Waals surface area contributed by atoms with Crippen LogP contribution in [0.3, 0.4) is 0 Å². The van der Waals surface area contributed by atoms with Gasteiger partial charge in [-0.05, 0) is 44.1 Å². The monoisotopic (exact) mass is 266 g/mol. The van der Waals surface area contributed by atoms with Crippen molar-refractivity contribution in [1.82, 2.24) is 4.90 Å². The van der Waals surface area contributed by atoms with Crippen molar-refractivity contribution in [3.63, 3.8) is 0 Å². The molecule has 3 rings (SSSR count). The summed E-state index contributed by atoms with van der Waals surface area (Å²) in [5, 5.41) is 0.760. The Balaban J connectivity index is 2.08. The van der Waals surface area contributed by atoms with Gasteiger partial charge in [-0.3, -0.25) is 4.90 Å². The fourth-order valence-electron chi connectivity index (χ4n) is 3.27. The summed E-state index contributed by atoms with van der Waals surface area (Å²) in [6.45, 7) is 3.62. The maximum absolute atomic E-state index is 6.15. The van der Waals surface area contributed by atoms with Crippen LogP contribution in [0.5, 0.6) is 5.75 Å². The van der Waals surface area contributed by atoms with E-state index in [1.165, 1.54) is 18.4 Å². The predicted molar refractivity (Wildman–Crippen MR) is 73.1 cm³/mol. The van der Waals surface area contributed by atoms with Crippen LogP contribution in [-0.2, 0) is 5.54 Å². The van der Waals surface area contributed by atoms with Gasteiger partial charge in [0, 0.05) is 23.6 Å². The van der Waals surface area contributed by atoms with E-state index in [4.69, 9.17) is 22.1 Å². The zero-order valence-electron chi connectivity index (χ0n) is 10.5. The van der Waals surface area contributed by atoms with Crippen LogP contribution >= 0.6 is 11.6 Å². The van der Waals surface area contributed by atoms with Crippen LogP contribution in [0.2, 0.25) is 5.02 Å². The number of nitrogens with two attached hydrogens (primary N) is 1. The molecule has 2 aliphatic rings. The minimum absolute atomic E-state index is 0.0744. The Morgan fingerprint density at radius 3 is 2.83 bits per heavy atom. The van der Waals surface area contributed by atoms with Gasteiger partial charge >= 0.3 is 0 Å². The third-order valence-electron chi connectivity index (χ3n) is 4.27. The lowest BCUT2D eigenvalue weighted by atomic mass is 9.83. The first-order chi connectivity index (χ1) is 8.76. The highest BCUT2D eigenvalue weighted by molar-refractivity contribution is 6.30. The minimum atomic E-state index is -0.0744. The molecule has 0 bridgehead atoms. The van der Waals surface area contributed by atoms with Crippen LogP contribution in [0.4, 0.5) is 0 Å². The number of nitrogens with zero attached hydrogens (tertiary/aromatic N) is 1. The molecular formula is C14H19ClN2O. The summed E-state index contributed by atoms with van der Waals surface area (Å²) in [6.07, 6.45) is 3.48. The maximum Gasteiger partial charge on any atom is 0.124 e. The second-order valence-electron chi connectivity index (χ2n) is 5.17. The van der Waals surface area contributed by atoms with Crippen molar-refractivity contribution in [2.45, 2.75) is 24.8 Å². The lowest BCUT2D eigenvalue weighted by Crippen LogP contribution is -2.52. The van der Waals surface area contributed by atoms with Crippen LogP contribution < -0.4 is 10.5 Å². The van der Waals surface area contributed by atoms with Gasteiger partial charge in [0.25, 0.3) is 0 Å². The van der Waals surface area contributed by atoms with Gasteiger partial charge in [-0.15, -0.1) is 0 Å². The van der Waals surface area contributed by atoms with E-state index in [-0.39, 0.29) is 5.54 Å². The number of ether oxygens (including phenoxy) is 1. The Morgan fingerprint density at radius 1 is 1.33 bits per heavy atom. The first kappa shape index (κ1) is 12.3. The highest BCUT2D eigenvalue weighted by atomic mass is 35.5. The molecule has 1 unspecified atom stereocenters. The Hall–Kier alpha value is -0.770. The molecule has 1 saturated heterocycles. The summed E-state index contributed by atoms with van der Waals surface area (Å²) in [6, 6.07) is 5.88. The van der Waals surface area contributed by atoms with Crippen LogP contribution in [0.25, 0.3) is 0 Å². The molecule has 0 aromatic heterocycles. The third kappa shape index (κ3) is 1.81. The molecule has 0 amide bonds. The average molecular weight is 267 g/mol. The Labute approximate surface area is 113 Å². The molecule has 1 aromatic carbocycles. The fraction of sp³-hybridized carbons (Fsp3) is 0.571. The van der Waals surface area contributed by atoms with Gasteiger partial charge in [-0.2, -0.15) is 0 Å². The molecule has 0 saturated carbocycles. The Bertz CT molecular complexity index is 445. The summed E-state index contributed by atoms with van der Waals surface area (Å²) in [5.41, 5.74) is 7.24. The number of likely N-dealkylation sites (tertiary alicyclic amines) is 1. The molecule has 2 aliphatic heterocycles. The molecule has 3 nitrogen and oxygen atoms in total. The molecule has 4 heteroatoms. The standard InChI is InChI=1S/C14H19ClN2O/c15-11-3-4-13-12(9-11)14(10-16,5-8-18-13)17-6-1-2-7-17/h3-4,9H,1-2,5-8,10,16H2. The number of rotatable bonds is 2. The van der Waals surface area contributed by atoms with Gasteiger partial charge in [-0.1, -0.05) is 11.6 Å². The average Bonchev–Trinajstić information content (AvgIpc) is 2.92. The van der Waals surface area contributed by atoms with E-state index in [0.717, 1.165) is 36.9 Å². The summed E-state index contributed by atoms with van der Waals surface area (Å²) in [5.74, 6) is 0.947. The van der Waals surface area contributed by atoms with Gasteiger partial charge in [0.15, 0.2) is 0 Å². The summed E-state index contributed by atoms with van der Waals surface area (Å²) in [4.78, 5) is 2.52. The maximum atomic E-state index is 6.15. The molecule has 1 atom stereocenters. The van der Waals surface area contributed by atoms with Crippen molar-refractivity contribution < 1.29 is 4.74 Å². The normalized spacial score (nSPS) is 27.9. The Kier molecular flexibility index (Phi) is 3.22. The zero-order chi connectivity index (χ0) is 12.6. The van der Waals surface area contributed by atoms with E-state index in [9.17, 15) is 0 Å². The lowest BCUT2D eigenvalue weighted by molar-refractivity contribution is 0.0697. The zero-order valence-corrected chi connectivity index (χ0v) is 11.2. The molecular weight excluding hydrogens is 248 g/mol. The smallest absolute Gasteiger partial charge is 0.124 e. The van der Waals surface area contributed by atoms with Crippen LogP contribution in [0.15, 0.2) is 18.2 Å². The van der Waals surface area contributed by atoms with Gasteiger partial charge in [0.05, 0.1) is 12.1 Å². The number of halogens is 1. The van der Waals surface area contributed by atoms with E-state index < -0.39 is 0 Å². The molecule has 1 fully saturated rings. The third-order valence-corrected chi connectivity index (χ3v) is 4.50.